The van der Waals surface area contributed by atoms with Crippen LogP contribution in [-0.2, 0) is 9.59 Å². The van der Waals surface area contributed by atoms with Gasteiger partial charge in [0.2, 0.25) is 5.91 Å². The third-order valence-electron chi connectivity index (χ3n) is 5.02. The minimum atomic E-state index is -0.788. The fraction of sp³-hybridized carbons (Fsp3) is 0.318. The van der Waals surface area contributed by atoms with Crippen LogP contribution in [0.2, 0.25) is 0 Å². The maximum atomic E-state index is 12.4. The number of rotatable bonds is 5. The van der Waals surface area contributed by atoms with Crippen molar-refractivity contribution in [2.45, 2.75) is 39.7 Å². The van der Waals surface area contributed by atoms with E-state index in [-0.39, 0.29) is 5.91 Å². The lowest BCUT2D eigenvalue weighted by Gasteiger charge is -2.18. The number of carbonyl (C=O) groups excluding carboxylic acids is 3. The lowest BCUT2D eigenvalue weighted by molar-refractivity contribution is -0.128. The zero-order valence-corrected chi connectivity index (χ0v) is 16.8. The van der Waals surface area contributed by atoms with Gasteiger partial charge in [-0.3, -0.25) is 25.2 Å². The minimum absolute atomic E-state index is 0.0493. The number of amides is 3. The molecule has 1 saturated heterocycles. The number of benzene rings is 2. The smallest absolute Gasteiger partial charge is 0.279 e. The number of aryl methyl sites for hydroxylation is 1. The predicted molar refractivity (Wildman–Crippen MR) is 110 cm³/mol. The molecule has 0 bridgehead atoms. The zero-order valence-electron chi connectivity index (χ0n) is 16.8. The molecule has 1 heterocycles. The Morgan fingerprint density at radius 3 is 2.59 bits per heavy atom. The predicted octanol–water partition coefficient (Wildman–Crippen LogP) is 2.66. The first kappa shape index (κ1) is 20.4. The molecule has 1 aliphatic heterocycles. The zero-order chi connectivity index (χ0) is 21.0. The summed E-state index contributed by atoms with van der Waals surface area (Å²) in [5, 5.41) is 0. The van der Waals surface area contributed by atoms with Gasteiger partial charge in [0, 0.05) is 24.2 Å². The quantitative estimate of drug-likeness (QED) is 0.762. The standard InChI is InChI=1S/C22H25N3O4/c1-14-7-4-10-19(15(14)2)29-16(3)21(27)23-24-22(28)17-8-5-9-18(13-17)25-12-6-11-20(25)26/h4-5,7-10,13,16H,6,11-12H2,1-3H3,(H,23,27)(H,24,28)/t16-/m0/s1. The molecule has 3 rings (SSSR count). The molecule has 152 valence electrons. The summed E-state index contributed by atoms with van der Waals surface area (Å²) in [6.45, 7) is 6.16. The molecule has 2 aromatic rings. The molecular weight excluding hydrogens is 370 g/mol. The Bertz CT molecular complexity index is 941. The average Bonchev–Trinajstić information content (AvgIpc) is 3.15. The van der Waals surface area contributed by atoms with E-state index in [2.05, 4.69) is 10.9 Å². The molecule has 0 radical (unpaired) electrons. The van der Waals surface area contributed by atoms with E-state index in [1.807, 2.05) is 26.0 Å². The first-order valence-electron chi connectivity index (χ1n) is 9.60. The van der Waals surface area contributed by atoms with Crippen molar-refractivity contribution in [3.8, 4) is 5.75 Å². The van der Waals surface area contributed by atoms with Gasteiger partial charge < -0.3 is 9.64 Å². The van der Waals surface area contributed by atoms with Crippen LogP contribution in [0.5, 0.6) is 5.75 Å². The van der Waals surface area contributed by atoms with Crippen molar-refractivity contribution in [1.82, 2.24) is 10.9 Å². The van der Waals surface area contributed by atoms with Crippen LogP contribution in [0.25, 0.3) is 0 Å². The van der Waals surface area contributed by atoms with E-state index in [9.17, 15) is 14.4 Å². The van der Waals surface area contributed by atoms with Crippen LogP contribution in [0.4, 0.5) is 5.69 Å². The molecule has 1 atom stereocenters. The Labute approximate surface area is 170 Å². The molecule has 29 heavy (non-hydrogen) atoms. The Morgan fingerprint density at radius 2 is 1.86 bits per heavy atom. The molecule has 7 heteroatoms. The summed E-state index contributed by atoms with van der Waals surface area (Å²) in [7, 11) is 0. The van der Waals surface area contributed by atoms with Crippen LogP contribution in [0.1, 0.15) is 41.3 Å². The molecule has 0 aliphatic carbocycles. The van der Waals surface area contributed by atoms with Gasteiger partial charge >= 0.3 is 0 Å². The van der Waals surface area contributed by atoms with E-state index in [0.29, 0.717) is 30.0 Å². The van der Waals surface area contributed by atoms with Crippen LogP contribution in [-0.4, -0.2) is 30.4 Å². The molecule has 3 amide bonds. The maximum Gasteiger partial charge on any atom is 0.279 e. The largest absolute Gasteiger partial charge is 0.481 e. The second kappa shape index (κ2) is 8.77. The molecule has 2 aromatic carbocycles. The monoisotopic (exact) mass is 395 g/mol. The molecule has 7 nitrogen and oxygen atoms in total. The number of anilines is 1. The highest BCUT2D eigenvalue weighted by Crippen LogP contribution is 2.23. The van der Waals surface area contributed by atoms with E-state index in [1.54, 1.807) is 42.2 Å². The molecule has 0 unspecified atom stereocenters. The number of hydrogen-bond acceptors (Lipinski definition) is 4. The van der Waals surface area contributed by atoms with Crippen molar-refractivity contribution >= 4 is 23.4 Å². The van der Waals surface area contributed by atoms with Crippen molar-refractivity contribution in [3.05, 3.63) is 59.2 Å². The summed E-state index contributed by atoms with van der Waals surface area (Å²) >= 11 is 0. The SMILES string of the molecule is Cc1cccc(O[C@@H](C)C(=O)NNC(=O)c2cccc(N3CCCC3=O)c2)c1C. The molecule has 2 N–H and O–H groups in total. The highest BCUT2D eigenvalue weighted by molar-refractivity contribution is 5.99. The van der Waals surface area contributed by atoms with Gasteiger partial charge in [-0.15, -0.1) is 0 Å². The Balaban J connectivity index is 1.58. The molecule has 0 aromatic heterocycles. The number of hydrogen-bond donors (Lipinski definition) is 2. The van der Waals surface area contributed by atoms with Gasteiger partial charge in [0.15, 0.2) is 6.10 Å². The Morgan fingerprint density at radius 1 is 1.10 bits per heavy atom. The normalized spacial score (nSPS) is 14.4. The minimum Gasteiger partial charge on any atom is -0.481 e. The highest BCUT2D eigenvalue weighted by atomic mass is 16.5. The highest BCUT2D eigenvalue weighted by Gasteiger charge is 2.22. The van der Waals surface area contributed by atoms with Gasteiger partial charge in [-0.1, -0.05) is 18.2 Å². The summed E-state index contributed by atoms with van der Waals surface area (Å²) in [4.78, 5) is 38.3. The third-order valence-corrected chi connectivity index (χ3v) is 5.02. The van der Waals surface area contributed by atoms with Crippen LogP contribution in [0.15, 0.2) is 42.5 Å². The van der Waals surface area contributed by atoms with Crippen LogP contribution in [0, 0.1) is 13.8 Å². The maximum absolute atomic E-state index is 12.4. The van der Waals surface area contributed by atoms with Crippen molar-refractivity contribution in [1.29, 1.82) is 0 Å². The van der Waals surface area contributed by atoms with Crippen molar-refractivity contribution in [2.75, 3.05) is 11.4 Å². The summed E-state index contributed by atoms with van der Waals surface area (Å²) < 4.78 is 5.72. The molecule has 0 spiro atoms. The number of hydrazine groups is 1. The first-order valence-corrected chi connectivity index (χ1v) is 9.60. The van der Waals surface area contributed by atoms with Crippen LogP contribution < -0.4 is 20.5 Å². The lowest BCUT2D eigenvalue weighted by Crippen LogP contribution is -2.47. The van der Waals surface area contributed by atoms with Gasteiger partial charge in [-0.2, -0.15) is 0 Å². The van der Waals surface area contributed by atoms with Gasteiger partial charge in [-0.25, -0.2) is 0 Å². The molecule has 0 saturated carbocycles. The summed E-state index contributed by atoms with van der Waals surface area (Å²) in [5.41, 5.74) is 7.85. The first-order chi connectivity index (χ1) is 13.9. The fourth-order valence-electron chi connectivity index (χ4n) is 3.12. The van der Waals surface area contributed by atoms with Crippen molar-refractivity contribution < 1.29 is 19.1 Å². The Kier molecular flexibility index (Phi) is 6.16. The van der Waals surface area contributed by atoms with Crippen LogP contribution >= 0.6 is 0 Å². The van der Waals surface area contributed by atoms with E-state index < -0.39 is 17.9 Å². The van der Waals surface area contributed by atoms with Crippen molar-refractivity contribution in [3.63, 3.8) is 0 Å². The second-order valence-electron chi connectivity index (χ2n) is 7.10. The lowest BCUT2D eigenvalue weighted by atomic mass is 10.1. The van der Waals surface area contributed by atoms with E-state index in [4.69, 9.17) is 4.74 Å². The molecule has 1 aliphatic rings. The van der Waals surface area contributed by atoms with Crippen LogP contribution in [0.3, 0.4) is 0 Å². The second-order valence-corrected chi connectivity index (χ2v) is 7.10. The third kappa shape index (κ3) is 4.74. The Hall–Kier alpha value is -3.35. The number of ether oxygens (including phenoxy) is 1. The van der Waals surface area contributed by atoms with E-state index >= 15 is 0 Å². The van der Waals surface area contributed by atoms with Crippen molar-refractivity contribution in [2.24, 2.45) is 0 Å². The van der Waals surface area contributed by atoms with Gasteiger partial charge in [0.1, 0.15) is 5.75 Å². The summed E-state index contributed by atoms with van der Waals surface area (Å²) in [6, 6.07) is 12.4. The molecule has 1 fully saturated rings. The number of nitrogens with one attached hydrogen (secondary N) is 2. The average molecular weight is 395 g/mol. The van der Waals surface area contributed by atoms with Gasteiger partial charge in [-0.05, 0) is 62.6 Å². The number of carbonyl (C=O) groups is 3. The van der Waals surface area contributed by atoms with Gasteiger partial charge in [0.25, 0.3) is 11.8 Å². The fourth-order valence-corrected chi connectivity index (χ4v) is 3.12. The number of nitrogens with zero attached hydrogens (tertiary/aromatic N) is 1. The van der Waals surface area contributed by atoms with E-state index in [1.165, 1.54) is 0 Å². The topological polar surface area (TPSA) is 87.7 Å². The summed E-state index contributed by atoms with van der Waals surface area (Å²) in [6.07, 6.45) is 0.540. The van der Waals surface area contributed by atoms with E-state index in [0.717, 1.165) is 17.5 Å². The summed E-state index contributed by atoms with van der Waals surface area (Å²) in [5.74, 6) is -0.258. The van der Waals surface area contributed by atoms with Gasteiger partial charge in [0.05, 0.1) is 0 Å². The molecular formula is C22H25N3O4.